The van der Waals surface area contributed by atoms with Crippen molar-refractivity contribution in [1.29, 1.82) is 0 Å². The van der Waals surface area contributed by atoms with E-state index in [1.54, 1.807) is 14.2 Å². The molecule has 5 heteroatoms. The third-order valence-corrected chi connectivity index (χ3v) is 4.57. The lowest BCUT2D eigenvalue weighted by Crippen LogP contribution is -2.56. The van der Waals surface area contributed by atoms with Crippen molar-refractivity contribution in [3.8, 4) is 11.5 Å². The summed E-state index contributed by atoms with van der Waals surface area (Å²) in [5, 5.41) is 3.07. The van der Waals surface area contributed by atoms with Crippen LogP contribution in [0.2, 0.25) is 0 Å². The monoisotopic (exact) mass is 320 g/mol. The maximum absolute atomic E-state index is 12.5. The Morgan fingerprint density at radius 2 is 1.87 bits per heavy atom. The molecule has 23 heavy (non-hydrogen) atoms. The molecular weight excluding hydrogens is 292 g/mol. The van der Waals surface area contributed by atoms with Crippen LogP contribution in [0.3, 0.4) is 0 Å². The molecule has 1 saturated carbocycles. The number of nitrogens with one attached hydrogen (secondary N) is 1. The SMILES string of the molecule is COc1ccc(CC(C)NC(=O)C2(N)CCCCC2)cc1OC. The van der Waals surface area contributed by atoms with Crippen molar-refractivity contribution in [1.82, 2.24) is 5.32 Å². The molecule has 0 saturated heterocycles. The lowest BCUT2D eigenvalue weighted by Gasteiger charge is -2.33. The van der Waals surface area contributed by atoms with E-state index in [0.717, 1.165) is 37.7 Å². The van der Waals surface area contributed by atoms with Gasteiger partial charge in [-0.2, -0.15) is 0 Å². The van der Waals surface area contributed by atoms with Gasteiger partial charge < -0.3 is 20.5 Å². The highest BCUT2D eigenvalue weighted by atomic mass is 16.5. The van der Waals surface area contributed by atoms with Gasteiger partial charge in [0.15, 0.2) is 11.5 Å². The van der Waals surface area contributed by atoms with Crippen molar-refractivity contribution < 1.29 is 14.3 Å². The van der Waals surface area contributed by atoms with Crippen LogP contribution in [0, 0.1) is 0 Å². The predicted octanol–water partition coefficient (Wildman–Crippen LogP) is 2.41. The zero-order valence-corrected chi connectivity index (χ0v) is 14.4. The van der Waals surface area contributed by atoms with Gasteiger partial charge in [0.2, 0.25) is 5.91 Å². The second-order valence-electron chi connectivity index (χ2n) is 6.48. The highest BCUT2D eigenvalue weighted by Crippen LogP contribution is 2.28. The Bertz CT molecular complexity index is 539. The predicted molar refractivity (Wildman–Crippen MR) is 90.9 cm³/mol. The second-order valence-corrected chi connectivity index (χ2v) is 6.48. The fraction of sp³-hybridized carbons (Fsp3) is 0.611. The zero-order chi connectivity index (χ0) is 16.9. The Morgan fingerprint density at radius 3 is 2.48 bits per heavy atom. The molecule has 1 fully saturated rings. The Morgan fingerprint density at radius 1 is 1.22 bits per heavy atom. The van der Waals surface area contributed by atoms with Gasteiger partial charge >= 0.3 is 0 Å². The smallest absolute Gasteiger partial charge is 0.240 e. The lowest BCUT2D eigenvalue weighted by atomic mass is 9.81. The molecule has 1 aliphatic rings. The summed E-state index contributed by atoms with van der Waals surface area (Å²) in [7, 11) is 3.24. The summed E-state index contributed by atoms with van der Waals surface area (Å²) in [6.07, 6.45) is 5.53. The van der Waals surface area contributed by atoms with Crippen LogP contribution in [-0.4, -0.2) is 31.7 Å². The summed E-state index contributed by atoms with van der Waals surface area (Å²) in [5.41, 5.74) is 6.68. The fourth-order valence-electron chi connectivity index (χ4n) is 3.19. The molecule has 0 heterocycles. The highest BCUT2D eigenvalue weighted by Gasteiger charge is 2.35. The Hall–Kier alpha value is -1.75. The van der Waals surface area contributed by atoms with Crippen molar-refractivity contribution in [3.05, 3.63) is 23.8 Å². The minimum Gasteiger partial charge on any atom is -0.493 e. The number of benzene rings is 1. The van der Waals surface area contributed by atoms with Crippen LogP contribution < -0.4 is 20.5 Å². The molecule has 5 nitrogen and oxygen atoms in total. The average molecular weight is 320 g/mol. The van der Waals surface area contributed by atoms with E-state index in [-0.39, 0.29) is 11.9 Å². The molecule has 0 aromatic heterocycles. The lowest BCUT2D eigenvalue weighted by molar-refractivity contribution is -0.128. The third-order valence-electron chi connectivity index (χ3n) is 4.57. The van der Waals surface area contributed by atoms with Gasteiger partial charge in [0, 0.05) is 6.04 Å². The van der Waals surface area contributed by atoms with Crippen LogP contribution in [0.5, 0.6) is 11.5 Å². The van der Waals surface area contributed by atoms with Crippen LogP contribution in [0.25, 0.3) is 0 Å². The summed E-state index contributed by atoms with van der Waals surface area (Å²) < 4.78 is 10.6. The van der Waals surface area contributed by atoms with E-state index < -0.39 is 5.54 Å². The summed E-state index contributed by atoms with van der Waals surface area (Å²) in [5.74, 6) is 1.38. The standard InChI is InChI=1S/C18H28N2O3/c1-13(20-17(21)18(19)9-5-4-6-10-18)11-14-7-8-15(22-2)16(12-14)23-3/h7-8,12-13H,4-6,9-11,19H2,1-3H3,(H,20,21). The van der Waals surface area contributed by atoms with Gasteiger partial charge in [-0.05, 0) is 43.9 Å². The summed E-state index contributed by atoms with van der Waals surface area (Å²) in [6.45, 7) is 2.00. The molecule has 128 valence electrons. The first-order valence-corrected chi connectivity index (χ1v) is 8.29. The topological polar surface area (TPSA) is 73.6 Å². The van der Waals surface area contributed by atoms with E-state index in [0.29, 0.717) is 11.5 Å². The number of carbonyl (C=O) groups excluding carboxylic acids is 1. The molecule has 0 spiro atoms. The first-order chi connectivity index (χ1) is 11.0. The Balaban J connectivity index is 1.96. The molecule has 1 aromatic rings. The molecular formula is C18H28N2O3. The van der Waals surface area contributed by atoms with Crippen LogP contribution in [0.1, 0.15) is 44.6 Å². The molecule has 1 unspecified atom stereocenters. The minimum absolute atomic E-state index is 0.0166. The quantitative estimate of drug-likeness (QED) is 0.844. The summed E-state index contributed by atoms with van der Waals surface area (Å²) >= 11 is 0. The molecule has 1 atom stereocenters. The molecule has 1 aromatic carbocycles. The molecule has 0 bridgehead atoms. The van der Waals surface area contributed by atoms with Crippen molar-refractivity contribution in [3.63, 3.8) is 0 Å². The number of ether oxygens (including phenoxy) is 2. The van der Waals surface area contributed by atoms with Gasteiger partial charge in [0.25, 0.3) is 0 Å². The van der Waals surface area contributed by atoms with Crippen molar-refractivity contribution in [2.45, 2.75) is 57.0 Å². The van der Waals surface area contributed by atoms with Gasteiger partial charge in [-0.1, -0.05) is 25.3 Å². The van der Waals surface area contributed by atoms with Crippen LogP contribution >= 0.6 is 0 Å². The first-order valence-electron chi connectivity index (χ1n) is 8.29. The molecule has 1 amide bonds. The number of nitrogens with two attached hydrogens (primary N) is 1. The van der Waals surface area contributed by atoms with Crippen molar-refractivity contribution in [2.24, 2.45) is 5.73 Å². The molecule has 1 aliphatic carbocycles. The van der Waals surface area contributed by atoms with Gasteiger partial charge in [-0.15, -0.1) is 0 Å². The van der Waals surface area contributed by atoms with Crippen LogP contribution in [0.4, 0.5) is 0 Å². The van der Waals surface area contributed by atoms with Crippen molar-refractivity contribution >= 4 is 5.91 Å². The van der Waals surface area contributed by atoms with E-state index in [1.165, 1.54) is 6.42 Å². The fourth-order valence-corrected chi connectivity index (χ4v) is 3.19. The van der Waals surface area contributed by atoms with E-state index in [4.69, 9.17) is 15.2 Å². The number of amides is 1. The van der Waals surface area contributed by atoms with Crippen molar-refractivity contribution in [2.75, 3.05) is 14.2 Å². The Kier molecular flexibility index (Phi) is 5.88. The number of rotatable bonds is 6. The van der Waals surface area contributed by atoms with E-state index in [9.17, 15) is 4.79 Å². The van der Waals surface area contributed by atoms with Crippen LogP contribution in [-0.2, 0) is 11.2 Å². The number of carbonyl (C=O) groups is 1. The largest absolute Gasteiger partial charge is 0.493 e. The zero-order valence-electron chi connectivity index (χ0n) is 14.4. The number of hydrogen-bond acceptors (Lipinski definition) is 4. The molecule has 0 radical (unpaired) electrons. The second kappa shape index (κ2) is 7.68. The number of methoxy groups -OCH3 is 2. The average Bonchev–Trinajstić information content (AvgIpc) is 2.55. The summed E-state index contributed by atoms with van der Waals surface area (Å²) in [6, 6.07) is 5.83. The number of hydrogen-bond donors (Lipinski definition) is 2. The molecule has 3 N–H and O–H groups in total. The summed E-state index contributed by atoms with van der Waals surface area (Å²) in [4.78, 5) is 12.5. The van der Waals surface area contributed by atoms with Gasteiger partial charge in [-0.3, -0.25) is 4.79 Å². The van der Waals surface area contributed by atoms with E-state index in [1.807, 2.05) is 25.1 Å². The van der Waals surface area contributed by atoms with Gasteiger partial charge in [0.1, 0.15) is 0 Å². The van der Waals surface area contributed by atoms with Crippen LogP contribution in [0.15, 0.2) is 18.2 Å². The van der Waals surface area contributed by atoms with E-state index in [2.05, 4.69) is 5.32 Å². The van der Waals surface area contributed by atoms with Gasteiger partial charge in [-0.25, -0.2) is 0 Å². The Labute approximate surface area is 138 Å². The molecule has 0 aliphatic heterocycles. The van der Waals surface area contributed by atoms with E-state index >= 15 is 0 Å². The first kappa shape index (κ1) is 17.6. The highest BCUT2D eigenvalue weighted by molar-refractivity contribution is 5.86. The maximum Gasteiger partial charge on any atom is 0.240 e. The normalized spacial score (nSPS) is 18.1. The maximum atomic E-state index is 12.5. The van der Waals surface area contributed by atoms with Gasteiger partial charge in [0.05, 0.1) is 19.8 Å². The molecule has 2 rings (SSSR count). The third kappa shape index (κ3) is 4.38. The minimum atomic E-state index is -0.690.